The van der Waals surface area contributed by atoms with Crippen LogP contribution in [-0.4, -0.2) is 32.1 Å². The summed E-state index contributed by atoms with van der Waals surface area (Å²) in [6, 6.07) is 5.26. The molecule has 0 heterocycles. The van der Waals surface area contributed by atoms with Crippen molar-refractivity contribution < 1.29 is 23.8 Å². The molecule has 0 bridgehead atoms. The van der Waals surface area contributed by atoms with Crippen LogP contribution in [0.2, 0.25) is 5.02 Å². The van der Waals surface area contributed by atoms with E-state index < -0.39 is 11.9 Å². The fraction of sp³-hybridized carbons (Fsp3) is 0.556. The van der Waals surface area contributed by atoms with Crippen molar-refractivity contribution in [2.24, 2.45) is 5.92 Å². The van der Waals surface area contributed by atoms with Gasteiger partial charge in [0.25, 0.3) is 0 Å². The monoisotopic (exact) mass is 356 g/mol. The van der Waals surface area contributed by atoms with E-state index in [9.17, 15) is 9.59 Å². The summed E-state index contributed by atoms with van der Waals surface area (Å²) in [6.45, 7) is 3.97. The van der Waals surface area contributed by atoms with E-state index in [-0.39, 0.29) is 5.78 Å². The molecule has 0 aromatic heterocycles. The second-order valence-electron chi connectivity index (χ2n) is 5.41. The lowest BCUT2D eigenvalue weighted by atomic mass is 9.98. The molecule has 5 nitrogen and oxygen atoms in total. The smallest absolute Gasteiger partial charge is 0.316 e. The molecule has 24 heavy (non-hydrogen) atoms. The van der Waals surface area contributed by atoms with Gasteiger partial charge in [-0.2, -0.15) is 0 Å². The first-order chi connectivity index (χ1) is 11.5. The lowest BCUT2D eigenvalue weighted by molar-refractivity contribution is -0.151. The average molecular weight is 357 g/mol. The molecule has 1 aromatic rings. The first kappa shape index (κ1) is 20.3. The van der Waals surface area contributed by atoms with Crippen LogP contribution in [0.4, 0.5) is 0 Å². The topological polar surface area (TPSA) is 61.8 Å². The Morgan fingerprint density at radius 1 is 1.21 bits per heavy atom. The third kappa shape index (κ3) is 6.79. The number of esters is 1. The summed E-state index contributed by atoms with van der Waals surface area (Å²) in [5, 5.41) is 0.508. The number of halogens is 1. The van der Waals surface area contributed by atoms with Gasteiger partial charge in [-0.25, -0.2) is 0 Å². The van der Waals surface area contributed by atoms with Crippen molar-refractivity contribution in [3.8, 4) is 11.5 Å². The van der Waals surface area contributed by atoms with E-state index in [2.05, 4.69) is 0 Å². The molecule has 0 radical (unpaired) electrons. The van der Waals surface area contributed by atoms with E-state index in [1.807, 2.05) is 0 Å². The number of ether oxygens (including phenoxy) is 3. The van der Waals surface area contributed by atoms with E-state index in [0.29, 0.717) is 36.2 Å². The maximum atomic E-state index is 11.7. The third-order valence-electron chi connectivity index (χ3n) is 3.60. The quantitative estimate of drug-likeness (QED) is 0.340. The number of Topliss-reactive ketones (excluding diaryl/α,β-unsaturated/α-hetero) is 1. The Morgan fingerprint density at radius 2 is 1.96 bits per heavy atom. The normalized spacial score (nSPS) is 11.7. The van der Waals surface area contributed by atoms with E-state index in [1.165, 1.54) is 6.92 Å². The van der Waals surface area contributed by atoms with Crippen LogP contribution in [0, 0.1) is 5.92 Å². The first-order valence-corrected chi connectivity index (χ1v) is 8.50. The van der Waals surface area contributed by atoms with Crippen LogP contribution >= 0.6 is 11.6 Å². The highest BCUT2D eigenvalue weighted by Crippen LogP contribution is 2.28. The molecule has 6 heteroatoms. The Labute approximate surface area is 148 Å². The zero-order valence-electron chi connectivity index (χ0n) is 14.5. The zero-order valence-corrected chi connectivity index (χ0v) is 15.2. The van der Waals surface area contributed by atoms with Crippen LogP contribution in [0.15, 0.2) is 18.2 Å². The minimum absolute atomic E-state index is 0.144. The van der Waals surface area contributed by atoms with Gasteiger partial charge >= 0.3 is 5.97 Å². The van der Waals surface area contributed by atoms with Gasteiger partial charge in [-0.05, 0) is 38.8 Å². The highest BCUT2D eigenvalue weighted by molar-refractivity contribution is 6.32. The van der Waals surface area contributed by atoms with Crippen LogP contribution in [-0.2, 0) is 14.3 Å². The SMILES string of the molecule is CCOC(=O)C(CCCCCOc1ccc(OC)cc1Cl)C(C)=O. The molecule has 0 aliphatic carbocycles. The number of carbonyl (C=O) groups excluding carboxylic acids is 2. The van der Waals surface area contributed by atoms with Crippen molar-refractivity contribution in [1.82, 2.24) is 0 Å². The summed E-state index contributed by atoms with van der Waals surface area (Å²) >= 11 is 6.10. The van der Waals surface area contributed by atoms with Gasteiger partial charge in [-0.1, -0.05) is 24.4 Å². The summed E-state index contributed by atoms with van der Waals surface area (Å²) < 4.78 is 15.6. The summed E-state index contributed by atoms with van der Waals surface area (Å²) in [6.07, 6.45) is 2.95. The van der Waals surface area contributed by atoms with E-state index in [1.54, 1.807) is 32.2 Å². The van der Waals surface area contributed by atoms with Gasteiger partial charge < -0.3 is 14.2 Å². The summed E-state index contributed by atoms with van der Waals surface area (Å²) in [4.78, 5) is 23.2. The van der Waals surface area contributed by atoms with Crippen LogP contribution in [0.25, 0.3) is 0 Å². The van der Waals surface area contributed by atoms with Gasteiger partial charge in [-0.15, -0.1) is 0 Å². The molecule has 1 rings (SSSR count). The maximum Gasteiger partial charge on any atom is 0.316 e. The van der Waals surface area contributed by atoms with Gasteiger partial charge in [0.15, 0.2) is 0 Å². The molecule has 0 N–H and O–H groups in total. The van der Waals surface area contributed by atoms with E-state index in [4.69, 9.17) is 25.8 Å². The molecular formula is C18H25ClO5. The number of hydrogen-bond acceptors (Lipinski definition) is 5. The molecule has 1 aromatic carbocycles. The maximum absolute atomic E-state index is 11.7. The number of carbonyl (C=O) groups is 2. The molecule has 0 aliphatic heterocycles. The Kier molecular flexibility index (Phi) is 9.23. The van der Waals surface area contributed by atoms with Crippen LogP contribution in [0.5, 0.6) is 11.5 Å². The summed E-state index contributed by atoms with van der Waals surface area (Å²) in [7, 11) is 1.58. The molecule has 0 saturated heterocycles. The highest BCUT2D eigenvalue weighted by Gasteiger charge is 2.23. The molecular weight excluding hydrogens is 332 g/mol. The second-order valence-corrected chi connectivity index (χ2v) is 5.82. The number of hydrogen-bond donors (Lipinski definition) is 0. The molecule has 0 saturated carbocycles. The Bertz CT molecular complexity index is 544. The van der Waals surface area contributed by atoms with Crippen molar-refractivity contribution in [2.75, 3.05) is 20.3 Å². The molecule has 134 valence electrons. The predicted octanol–water partition coefficient (Wildman–Crippen LogP) is 4.06. The lowest BCUT2D eigenvalue weighted by Gasteiger charge is -2.12. The van der Waals surface area contributed by atoms with Gasteiger partial charge in [-0.3, -0.25) is 9.59 Å². The van der Waals surface area contributed by atoms with Gasteiger partial charge in [0, 0.05) is 6.07 Å². The molecule has 0 amide bonds. The van der Waals surface area contributed by atoms with Crippen LogP contribution in [0.1, 0.15) is 39.5 Å². The minimum atomic E-state index is -0.651. The fourth-order valence-corrected chi connectivity index (χ4v) is 2.49. The van der Waals surface area contributed by atoms with Crippen LogP contribution in [0.3, 0.4) is 0 Å². The molecule has 0 aliphatic rings. The highest BCUT2D eigenvalue weighted by atomic mass is 35.5. The third-order valence-corrected chi connectivity index (χ3v) is 3.89. The number of unbranched alkanes of at least 4 members (excludes halogenated alkanes) is 2. The largest absolute Gasteiger partial charge is 0.497 e. The standard InChI is InChI=1S/C18H25ClO5/c1-4-23-18(21)15(13(2)20)8-6-5-7-11-24-17-10-9-14(22-3)12-16(17)19/h9-10,12,15H,4-8,11H2,1-3H3. The molecule has 1 unspecified atom stereocenters. The van der Waals surface area contributed by atoms with Crippen molar-refractivity contribution in [3.63, 3.8) is 0 Å². The lowest BCUT2D eigenvalue weighted by Crippen LogP contribution is -2.24. The molecule has 0 spiro atoms. The van der Waals surface area contributed by atoms with Crippen molar-refractivity contribution in [1.29, 1.82) is 0 Å². The van der Waals surface area contributed by atoms with E-state index >= 15 is 0 Å². The minimum Gasteiger partial charge on any atom is -0.497 e. The Morgan fingerprint density at radius 3 is 2.54 bits per heavy atom. The second kappa shape index (κ2) is 10.9. The predicted molar refractivity (Wildman–Crippen MR) is 92.8 cm³/mol. The number of rotatable bonds is 11. The van der Waals surface area contributed by atoms with Gasteiger partial charge in [0.2, 0.25) is 0 Å². The van der Waals surface area contributed by atoms with E-state index in [0.717, 1.165) is 19.3 Å². The first-order valence-electron chi connectivity index (χ1n) is 8.13. The fourth-order valence-electron chi connectivity index (χ4n) is 2.26. The zero-order chi connectivity index (χ0) is 17.9. The molecule has 1 atom stereocenters. The summed E-state index contributed by atoms with van der Waals surface area (Å²) in [5.74, 6) is 0.0788. The number of benzene rings is 1. The van der Waals surface area contributed by atoms with Crippen molar-refractivity contribution in [2.45, 2.75) is 39.5 Å². The number of ketones is 1. The molecule has 0 fully saturated rings. The van der Waals surface area contributed by atoms with Crippen molar-refractivity contribution in [3.05, 3.63) is 23.2 Å². The van der Waals surface area contributed by atoms with Crippen molar-refractivity contribution >= 4 is 23.4 Å². The Hall–Kier alpha value is -1.75. The van der Waals surface area contributed by atoms with Gasteiger partial charge in [0.05, 0.1) is 25.3 Å². The summed E-state index contributed by atoms with van der Waals surface area (Å²) in [5.41, 5.74) is 0. The van der Waals surface area contributed by atoms with Gasteiger partial charge in [0.1, 0.15) is 23.2 Å². The Balaban J connectivity index is 2.28. The van der Waals surface area contributed by atoms with Crippen LogP contribution < -0.4 is 9.47 Å². The average Bonchev–Trinajstić information content (AvgIpc) is 2.54. The number of methoxy groups -OCH3 is 1.